The second kappa shape index (κ2) is 6.23. The molecule has 88 valence electrons. The van der Waals surface area contributed by atoms with Gasteiger partial charge in [-0.2, -0.15) is 0 Å². The number of anilines is 2. The molecular weight excluding hydrogens is 226 g/mol. The Kier molecular flexibility index (Phi) is 4.92. The molecule has 0 heterocycles. The molecule has 0 unspecified atom stereocenters. The molecule has 0 bridgehead atoms. The van der Waals surface area contributed by atoms with Gasteiger partial charge in [-0.15, -0.1) is 0 Å². The third-order valence-corrected chi connectivity index (χ3v) is 2.29. The van der Waals surface area contributed by atoms with E-state index < -0.39 is 0 Å². The Morgan fingerprint density at radius 1 is 1.50 bits per heavy atom. The zero-order valence-corrected chi connectivity index (χ0v) is 9.97. The number of carbonyl (C=O) groups excluding carboxylic acids is 1. The number of hydrogen-bond acceptors (Lipinski definition) is 3. The molecule has 0 aliphatic carbocycles. The van der Waals surface area contributed by atoms with Crippen molar-refractivity contribution in [1.29, 1.82) is 0 Å². The molecule has 0 radical (unpaired) electrons. The van der Waals surface area contributed by atoms with Crippen LogP contribution in [0.5, 0.6) is 0 Å². The fourth-order valence-corrected chi connectivity index (χ4v) is 1.45. The van der Waals surface area contributed by atoms with Gasteiger partial charge in [-0.3, -0.25) is 4.79 Å². The van der Waals surface area contributed by atoms with Gasteiger partial charge in [0.1, 0.15) is 0 Å². The van der Waals surface area contributed by atoms with E-state index >= 15 is 0 Å². The summed E-state index contributed by atoms with van der Waals surface area (Å²) in [5, 5.41) is 6.41. The summed E-state index contributed by atoms with van der Waals surface area (Å²) in [6.07, 6.45) is 0.416. The molecule has 1 amide bonds. The van der Waals surface area contributed by atoms with Crippen molar-refractivity contribution in [3.63, 3.8) is 0 Å². The van der Waals surface area contributed by atoms with Crippen LogP contribution in [0.25, 0.3) is 0 Å². The molecule has 0 fully saturated rings. The minimum Gasteiger partial charge on any atom is -0.397 e. The molecule has 0 saturated carbocycles. The van der Waals surface area contributed by atoms with Crippen LogP contribution in [0.1, 0.15) is 13.3 Å². The van der Waals surface area contributed by atoms with Crippen molar-refractivity contribution in [2.24, 2.45) is 0 Å². The summed E-state index contributed by atoms with van der Waals surface area (Å²) in [7, 11) is 0. The van der Waals surface area contributed by atoms with Crippen LogP contribution in [0.4, 0.5) is 11.4 Å². The molecule has 0 aliphatic rings. The van der Waals surface area contributed by atoms with Crippen LogP contribution in [0, 0.1) is 0 Å². The average Bonchev–Trinajstić information content (AvgIpc) is 2.23. The molecule has 4 N–H and O–H groups in total. The Hall–Kier alpha value is -1.42. The van der Waals surface area contributed by atoms with Crippen molar-refractivity contribution in [1.82, 2.24) is 5.32 Å². The van der Waals surface area contributed by atoms with Gasteiger partial charge < -0.3 is 16.4 Å². The lowest BCUT2D eigenvalue weighted by Gasteiger charge is -2.09. The maximum Gasteiger partial charge on any atom is 0.221 e. The van der Waals surface area contributed by atoms with Crippen molar-refractivity contribution in [2.75, 3.05) is 24.1 Å². The first-order valence-corrected chi connectivity index (χ1v) is 5.57. The maximum atomic E-state index is 11.2. The van der Waals surface area contributed by atoms with Crippen molar-refractivity contribution < 1.29 is 4.79 Å². The van der Waals surface area contributed by atoms with Crippen LogP contribution in [-0.2, 0) is 4.79 Å². The van der Waals surface area contributed by atoms with E-state index in [4.69, 9.17) is 17.3 Å². The van der Waals surface area contributed by atoms with E-state index in [2.05, 4.69) is 10.6 Å². The smallest absolute Gasteiger partial charge is 0.221 e. The molecule has 1 aromatic rings. The Bertz CT molecular complexity index is 368. The largest absolute Gasteiger partial charge is 0.397 e. The second-order valence-electron chi connectivity index (χ2n) is 3.36. The van der Waals surface area contributed by atoms with Gasteiger partial charge in [0, 0.05) is 24.5 Å². The molecule has 0 atom stereocenters. The number of nitrogen functional groups attached to an aromatic ring is 1. The summed E-state index contributed by atoms with van der Waals surface area (Å²) in [5.74, 6) is 0.0237. The lowest BCUT2D eigenvalue weighted by molar-refractivity contribution is -0.120. The van der Waals surface area contributed by atoms with Crippen molar-refractivity contribution in [3.8, 4) is 0 Å². The summed E-state index contributed by atoms with van der Waals surface area (Å²) < 4.78 is 0. The highest BCUT2D eigenvalue weighted by Gasteiger charge is 2.02. The first kappa shape index (κ1) is 12.6. The number of hydrogen-bond donors (Lipinski definition) is 3. The number of nitrogens with one attached hydrogen (secondary N) is 2. The predicted molar refractivity (Wildman–Crippen MR) is 67.7 cm³/mol. The molecule has 16 heavy (non-hydrogen) atoms. The third-order valence-electron chi connectivity index (χ3n) is 2.06. The van der Waals surface area contributed by atoms with Gasteiger partial charge in [0.2, 0.25) is 5.91 Å². The van der Waals surface area contributed by atoms with Crippen molar-refractivity contribution >= 4 is 28.9 Å². The normalized spacial score (nSPS) is 9.88. The van der Waals surface area contributed by atoms with Crippen LogP contribution >= 0.6 is 11.6 Å². The number of benzene rings is 1. The van der Waals surface area contributed by atoms with Gasteiger partial charge >= 0.3 is 0 Å². The minimum absolute atomic E-state index is 0.0237. The Balaban J connectivity index is 2.42. The van der Waals surface area contributed by atoms with Gasteiger partial charge in [-0.1, -0.05) is 11.6 Å². The van der Waals surface area contributed by atoms with Crippen LogP contribution < -0.4 is 16.4 Å². The Morgan fingerprint density at radius 3 is 2.94 bits per heavy atom. The minimum atomic E-state index is 0.0237. The zero-order chi connectivity index (χ0) is 12.0. The highest BCUT2D eigenvalue weighted by molar-refractivity contribution is 6.31. The monoisotopic (exact) mass is 241 g/mol. The Labute approximate surface area is 100 Å². The zero-order valence-electron chi connectivity index (χ0n) is 9.22. The first-order valence-electron chi connectivity index (χ1n) is 5.19. The van der Waals surface area contributed by atoms with E-state index in [1.165, 1.54) is 0 Å². The van der Waals surface area contributed by atoms with Crippen LogP contribution in [0.3, 0.4) is 0 Å². The summed E-state index contributed by atoms with van der Waals surface area (Å²) in [4.78, 5) is 11.2. The molecule has 0 aromatic heterocycles. The summed E-state index contributed by atoms with van der Waals surface area (Å²) in [6, 6.07) is 5.21. The van der Waals surface area contributed by atoms with Gasteiger partial charge in [0.05, 0.1) is 11.4 Å². The lowest BCUT2D eigenvalue weighted by atomic mass is 10.2. The molecular formula is C11H16ClN3O. The number of nitrogens with two attached hydrogens (primary N) is 1. The van der Waals surface area contributed by atoms with Gasteiger partial charge in [0.15, 0.2) is 0 Å². The summed E-state index contributed by atoms with van der Waals surface area (Å²) in [6.45, 7) is 3.08. The van der Waals surface area contributed by atoms with Gasteiger partial charge in [-0.25, -0.2) is 0 Å². The first-order chi connectivity index (χ1) is 7.63. The summed E-state index contributed by atoms with van der Waals surface area (Å²) >= 11 is 5.83. The second-order valence-corrected chi connectivity index (χ2v) is 3.80. The van der Waals surface area contributed by atoms with Crippen LogP contribution in [0.15, 0.2) is 18.2 Å². The molecule has 1 aromatic carbocycles. The van der Waals surface area contributed by atoms with E-state index in [1.54, 1.807) is 18.2 Å². The number of carbonyl (C=O) groups is 1. The third kappa shape index (κ3) is 3.98. The fourth-order valence-electron chi connectivity index (χ4n) is 1.28. The lowest BCUT2D eigenvalue weighted by Crippen LogP contribution is -2.24. The van der Waals surface area contributed by atoms with Crippen molar-refractivity contribution in [3.05, 3.63) is 23.2 Å². The highest BCUT2D eigenvalue weighted by atomic mass is 35.5. The highest BCUT2D eigenvalue weighted by Crippen LogP contribution is 2.22. The quantitative estimate of drug-likeness (QED) is 0.690. The number of halogens is 1. The molecule has 1 rings (SSSR count). The standard InChI is InChI=1S/C11H16ClN3O/c1-2-14-11(16)5-6-15-10-7-8(12)3-4-9(10)13/h3-4,7,15H,2,5-6,13H2,1H3,(H,14,16). The molecule has 0 aliphatic heterocycles. The van der Waals surface area contributed by atoms with E-state index in [-0.39, 0.29) is 5.91 Å². The van der Waals surface area contributed by atoms with E-state index in [0.29, 0.717) is 30.2 Å². The van der Waals surface area contributed by atoms with E-state index in [0.717, 1.165) is 5.69 Å². The van der Waals surface area contributed by atoms with Crippen LogP contribution in [-0.4, -0.2) is 19.0 Å². The SMILES string of the molecule is CCNC(=O)CCNc1cc(Cl)ccc1N. The summed E-state index contributed by atoms with van der Waals surface area (Å²) in [5.41, 5.74) is 7.13. The van der Waals surface area contributed by atoms with E-state index in [1.807, 2.05) is 6.92 Å². The average molecular weight is 242 g/mol. The predicted octanol–water partition coefficient (Wildman–Crippen LogP) is 1.86. The van der Waals surface area contributed by atoms with Gasteiger partial charge in [0.25, 0.3) is 0 Å². The molecule has 0 spiro atoms. The van der Waals surface area contributed by atoms with Crippen LogP contribution in [0.2, 0.25) is 5.02 Å². The Morgan fingerprint density at radius 2 is 2.25 bits per heavy atom. The van der Waals surface area contributed by atoms with Gasteiger partial charge in [-0.05, 0) is 25.1 Å². The topological polar surface area (TPSA) is 67.2 Å². The maximum absolute atomic E-state index is 11.2. The molecule has 0 saturated heterocycles. The molecule has 5 heteroatoms. The molecule has 4 nitrogen and oxygen atoms in total. The number of amides is 1. The number of rotatable bonds is 5. The fraction of sp³-hybridized carbons (Fsp3) is 0.364. The van der Waals surface area contributed by atoms with Crippen molar-refractivity contribution in [2.45, 2.75) is 13.3 Å². The van der Waals surface area contributed by atoms with E-state index in [9.17, 15) is 4.79 Å².